The second-order valence-electron chi connectivity index (χ2n) is 6.49. The number of aryl methyl sites for hydroxylation is 1. The quantitative estimate of drug-likeness (QED) is 0.905. The highest BCUT2D eigenvalue weighted by Crippen LogP contribution is 2.27. The predicted molar refractivity (Wildman–Crippen MR) is 86.8 cm³/mol. The molecule has 2 fully saturated rings. The summed E-state index contributed by atoms with van der Waals surface area (Å²) in [6, 6.07) is 0.303. The molecule has 6 heteroatoms. The van der Waals surface area contributed by atoms with Crippen molar-refractivity contribution in [2.45, 2.75) is 64.6 Å². The second kappa shape index (κ2) is 6.59. The molecule has 1 aromatic rings. The van der Waals surface area contributed by atoms with Gasteiger partial charge in [0.25, 0.3) is 0 Å². The molecule has 2 atom stereocenters. The third kappa shape index (κ3) is 3.01. The summed E-state index contributed by atoms with van der Waals surface area (Å²) in [5, 5.41) is 0.555. The molecule has 3 heterocycles. The van der Waals surface area contributed by atoms with E-state index >= 15 is 0 Å². The van der Waals surface area contributed by atoms with Gasteiger partial charge in [0.2, 0.25) is 5.91 Å². The van der Waals surface area contributed by atoms with Crippen LogP contribution in [0.5, 0.6) is 0 Å². The van der Waals surface area contributed by atoms with E-state index in [1.807, 2.05) is 6.92 Å². The number of fused-ring (bicyclic) bond motifs is 1. The second-order valence-corrected chi connectivity index (χ2v) is 6.85. The normalized spacial score (nSPS) is 25.8. The Labute approximate surface area is 137 Å². The Morgan fingerprint density at radius 2 is 2.27 bits per heavy atom. The molecule has 2 saturated heterocycles. The number of carbonyl (C=O) groups excluding carboxylic acids is 1. The molecule has 5 nitrogen and oxygen atoms in total. The van der Waals surface area contributed by atoms with Crippen molar-refractivity contribution in [3.63, 3.8) is 0 Å². The van der Waals surface area contributed by atoms with Crippen LogP contribution in [0.25, 0.3) is 0 Å². The highest BCUT2D eigenvalue weighted by molar-refractivity contribution is 6.30. The van der Waals surface area contributed by atoms with Gasteiger partial charge >= 0.3 is 0 Å². The van der Waals surface area contributed by atoms with E-state index < -0.39 is 0 Å². The number of hydrogen-bond donors (Lipinski definition) is 1. The first-order chi connectivity index (χ1) is 10.6. The van der Waals surface area contributed by atoms with Crippen LogP contribution in [-0.2, 0) is 17.8 Å². The lowest BCUT2D eigenvalue weighted by Gasteiger charge is -2.41. The minimum absolute atomic E-state index is 0.0761. The first-order valence-electron chi connectivity index (χ1n) is 8.38. The molecular formula is C16H25ClN4O. The van der Waals surface area contributed by atoms with Crippen LogP contribution in [0.1, 0.15) is 51.0 Å². The van der Waals surface area contributed by atoms with Crippen LogP contribution in [0.4, 0.5) is 0 Å². The highest BCUT2D eigenvalue weighted by atomic mass is 35.5. The number of nitrogens with zero attached hydrogens (tertiary/aromatic N) is 3. The molecule has 2 aliphatic rings. The third-order valence-electron chi connectivity index (χ3n) is 4.92. The van der Waals surface area contributed by atoms with Crippen LogP contribution in [-0.4, -0.2) is 50.8 Å². The average Bonchev–Trinajstić information content (AvgIpc) is 3.09. The van der Waals surface area contributed by atoms with Crippen molar-refractivity contribution in [2.24, 2.45) is 0 Å². The maximum Gasteiger partial charge on any atom is 0.239 e. The Hall–Kier alpha value is -1.07. The van der Waals surface area contributed by atoms with Crippen molar-refractivity contribution in [3.05, 3.63) is 16.7 Å². The lowest BCUT2D eigenvalue weighted by atomic mass is 10.1. The van der Waals surface area contributed by atoms with E-state index in [-0.39, 0.29) is 11.9 Å². The molecule has 0 spiro atoms. The van der Waals surface area contributed by atoms with Crippen molar-refractivity contribution in [3.8, 4) is 0 Å². The van der Waals surface area contributed by atoms with Crippen molar-refractivity contribution in [2.75, 3.05) is 13.1 Å². The number of amides is 1. The Bertz CT molecular complexity index is 544. The van der Waals surface area contributed by atoms with Crippen LogP contribution in [0.3, 0.4) is 0 Å². The van der Waals surface area contributed by atoms with E-state index in [1.54, 1.807) is 0 Å². The summed E-state index contributed by atoms with van der Waals surface area (Å²) in [5.74, 6) is 1.22. The monoisotopic (exact) mass is 324 g/mol. The van der Waals surface area contributed by atoms with Gasteiger partial charge in [-0.3, -0.25) is 9.69 Å². The first-order valence-corrected chi connectivity index (χ1v) is 8.75. The number of nitrogens with one attached hydrogen (secondary N) is 1. The standard InChI is InChI=1S/C16H25ClN4O/c1-3-4-7-14-18-13(15(17)19-14)10-20-9-12-6-5-8-21(12)16(22)11(20)2/h11-12H,3-10H2,1-2H3,(H,18,19)/t11-,12+/m1/s1. The third-order valence-corrected chi connectivity index (χ3v) is 5.23. The van der Waals surface area contributed by atoms with Crippen molar-refractivity contribution >= 4 is 17.5 Å². The van der Waals surface area contributed by atoms with Gasteiger partial charge in [-0.1, -0.05) is 24.9 Å². The number of carbonyl (C=O) groups is 1. The summed E-state index contributed by atoms with van der Waals surface area (Å²) < 4.78 is 0. The van der Waals surface area contributed by atoms with Crippen molar-refractivity contribution in [1.82, 2.24) is 19.8 Å². The van der Waals surface area contributed by atoms with Gasteiger partial charge in [-0.05, 0) is 26.2 Å². The Morgan fingerprint density at radius 1 is 1.45 bits per heavy atom. The zero-order valence-electron chi connectivity index (χ0n) is 13.4. The van der Waals surface area contributed by atoms with Crippen LogP contribution >= 0.6 is 11.6 Å². The summed E-state index contributed by atoms with van der Waals surface area (Å²) in [6.07, 6.45) is 5.43. The maximum atomic E-state index is 12.5. The molecule has 1 aromatic heterocycles. The van der Waals surface area contributed by atoms with Gasteiger partial charge in [-0.15, -0.1) is 0 Å². The molecule has 2 aliphatic heterocycles. The highest BCUT2D eigenvalue weighted by Gasteiger charge is 2.40. The van der Waals surface area contributed by atoms with Crippen molar-refractivity contribution < 1.29 is 4.79 Å². The Morgan fingerprint density at radius 3 is 3.05 bits per heavy atom. The molecule has 0 bridgehead atoms. The van der Waals surface area contributed by atoms with E-state index in [2.05, 4.69) is 26.7 Å². The van der Waals surface area contributed by atoms with E-state index in [0.717, 1.165) is 56.7 Å². The van der Waals surface area contributed by atoms with E-state index in [0.29, 0.717) is 17.7 Å². The fourth-order valence-corrected chi connectivity index (χ4v) is 3.76. The first kappa shape index (κ1) is 15.8. The van der Waals surface area contributed by atoms with Gasteiger partial charge in [0.1, 0.15) is 5.82 Å². The number of hydrogen-bond acceptors (Lipinski definition) is 3. The molecule has 3 rings (SSSR count). The minimum Gasteiger partial charge on any atom is -0.344 e. The van der Waals surface area contributed by atoms with E-state index in [1.165, 1.54) is 0 Å². The molecule has 0 saturated carbocycles. The van der Waals surface area contributed by atoms with Crippen LogP contribution in [0.2, 0.25) is 5.15 Å². The van der Waals surface area contributed by atoms with Crippen LogP contribution in [0.15, 0.2) is 0 Å². The molecule has 1 N–H and O–H groups in total. The van der Waals surface area contributed by atoms with Gasteiger partial charge in [-0.25, -0.2) is 4.98 Å². The van der Waals surface area contributed by atoms with Gasteiger partial charge < -0.3 is 9.88 Å². The van der Waals surface area contributed by atoms with E-state index in [9.17, 15) is 4.79 Å². The summed E-state index contributed by atoms with van der Waals surface area (Å²) in [5.41, 5.74) is 0.943. The number of imidazole rings is 1. The summed E-state index contributed by atoms with van der Waals surface area (Å²) in [7, 11) is 0. The number of halogens is 1. The summed E-state index contributed by atoms with van der Waals surface area (Å²) in [4.78, 5) is 24.5. The minimum atomic E-state index is -0.0761. The largest absolute Gasteiger partial charge is 0.344 e. The zero-order valence-corrected chi connectivity index (χ0v) is 14.2. The Balaban J connectivity index is 1.69. The Kier molecular flexibility index (Phi) is 4.73. The molecule has 0 aromatic carbocycles. The predicted octanol–water partition coefficient (Wildman–Crippen LogP) is 2.60. The fraction of sp³-hybridized carbons (Fsp3) is 0.750. The number of unbranched alkanes of at least 4 members (excludes halogenated alkanes) is 1. The number of piperazine rings is 1. The number of rotatable bonds is 5. The summed E-state index contributed by atoms with van der Waals surface area (Å²) >= 11 is 6.27. The topological polar surface area (TPSA) is 52.2 Å². The molecule has 1 amide bonds. The molecule has 0 aliphatic carbocycles. The molecule has 0 unspecified atom stereocenters. The van der Waals surface area contributed by atoms with Crippen molar-refractivity contribution in [1.29, 1.82) is 0 Å². The van der Waals surface area contributed by atoms with Crippen LogP contribution in [0, 0.1) is 0 Å². The molecule has 0 radical (unpaired) electrons. The maximum absolute atomic E-state index is 12.5. The lowest BCUT2D eigenvalue weighted by molar-refractivity contribution is -0.143. The zero-order chi connectivity index (χ0) is 15.7. The number of H-pyrrole nitrogens is 1. The number of aromatic nitrogens is 2. The van der Waals surface area contributed by atoms with Gasteiger partial charge in [0, 0.05) is 32.1 Å². The van der Waals surface area contributed by atoms with E-state index in [4.69, 9.17) is 11.6 Å². The lowest BCUT2D eigenvalue weighted by Crippen LogP contribution is -2.58. The average molecular weight is 325 g/mol. The number of aromatic amines is 1. The molecule has 22 heavy (non-hydrogen) atoms. The van der Waals surface area contributed by atoms with Crippen LogP contribution < -0.4 is 0 Å². The van der Waals surface area contributed by atoms with Gasteiger partial charge in [0.15, 0.2) is 5.15 Å². The summed E-state index contributed by atoms with van der Waals surface area (Å²) in [6.45, 7) is 6.70. The smallest absolute Gasteiger partial charge is 0.239 e. The van der Waals surface area contributed by atoms with Gasteiger partial charge in [-0.2, -0.15) is 0 Å². The molecule has 122 valence electrons. The fourth-order valence-electron chi connectivity index (χ4n) is 3.55. The SMILES string of the molecule is CCCCc1nc(Cl)c(CN2C[C@@H]3CCCN3C(=O)[C@H]2C)[nH]1. The molecular weight excluding hydrogens is 300 g/mol. The van der Waals surface area contributed by atoms with Gasteiger partial charge in [0.05, 0.1) is 11.7 Å².